The Bertz CT molecular complexity index is 716. The first-order chi connectivity index (χ1) is 13.1. The van der Waals surface area contributed by atoms with Crippen LogP contribution < -0.4 is 4.90 Å². The van der Waals surface area contributed by atoms with E-state index >= 15 is 0 Å². The van der Waals surface area contributed by atoms with Crippen molar-refractivity contribution in [3.63, 3.8) is 0 Å². The average molecular weight is 365 g/mol. The summed E-state index contributed by atoms with van der Waals surface area (Å²) in [6.45, 7) is 8.67. The van der Waals surface area contributed by atoms with Crippen LogP contribution in [0.5, 0.6) is 0 Å². The molecule has 0 radical (unpaired) electrons. The van der Waals surface area contributed by atoms with Gasteiger partial charge < -0.3 is 4.90 Å². The summed E-state index contributed by atoms with van der Waals surface area (Å²) in [5, 5.41) is 0. The van der Waals surface area contributed by atoms with Gasteiger partial charge in [-0.1, -0.05) is 62.4 Å². The SMILES string of the molecule is CCC(=O)N(c1ccccc1)C1CCN(C(C)Cc2ccccc2)CC1C. The summed E-state index contributed by atoms with van der Waals surface area (Å²) in [5.41, 5.74) is 2.43. The third kappa shape index (κ3) is 4.78. The number of hydrogen-bond acceptors (Lipinski definition) is 2. The van der Waals surface area contributed by atoms with E-state index in [1.807, 2.05) is 25.1 Å². The van der Waals surface area contributed by atoms with Crippen molar-refractivity contribution in [1.29, 1.82) is 0 Å². The lowest BCUT2D eigenvalue weighted by molar-refractivity contribution is -0.119. The second-order valence-corrected chi connectivity index (χ2v) is 7.82. The number of amides is 1. The van der Waals surface area contributed by atoms with Crippen LogP contribution in [0.25, 0.3) is 0 Å². The zero-order chi connectivity index (χ0) is 19.2. The molecule has 1 saturated heterocycles. The lowest BCUT2D eigenvalue weighted by atomic mass is 9.90. The standard InChI is InChI=1S/C24H32N2O/c1-4-24(27)26(22-13-9-6-10-14-22)23-15-16-25(18-19(23)2)20(3)17-21-11-7-5-8-12-21/h5-14,19-20,23H,4,15-18H2,1-3H3. The molecule has 0 spiro atoms. The number of anilines is 1. The normalized spacial score (nSPS) is 21.6. The monoisotopic (exact) mass is 364 g/mol. The van der Waals surface area contributed by atoms with Gasteiger partial charge in [0.05, 0.1) is 0 Å². The highest BCUT2D eigenvalue weighted by Crippen LogP contribution is 2.29. The van der Waals surface area contributed by atoms with Crippen molar-refractivity contribution in [2.45, 2.75) is 52.1 Å². The summed E-state index contributed by atoms with van der Waals surface area (Å²) in [6, 6.07) is 21.7. The van der Waals surface area contributed by atoms with E-state index in [1.54, 1.807) is 0 Å². The van der Waals surface area contributed by atoms with Crippen molar-refractivity contribution in [2.24, 2.45) is 5.92 Å². The fourth-order valence-electron chi connectivity index (χ4n) is 4.31. The van der Waals surface area contributed by atoms with Crippen molar-refractivity contribution >= 4 is 11.6 Å². The van der Waals surface area contributed by atoms with Crippen LogP contribution in [0.3, 0.4) is 0 Å². The van der Waals surface area contributed by atoms with E-state index in [-0.39, 0.29) is 11.9 Å². The van der Waals surface area contributed by atoms with Gasteiger partial charge in [0.15, 0.2) is 0 Å². The molecule has 3 rings (SSSR count). The average Bonchev–Trinajstić information content (AvgIpc) is 2.70. The van der Waals surface area contributed by atoms with Gasteiger partial charge in [-0.2, -0.15) is 0 Å². The summed E-state index contributed by atoms with van der Waals surface area (Å²) in [5.74, 6) is 0.677. The van der Waals surface area contributed by atoms with Gasteiger partial charge in [0.1, 0.15) is 0 Å². The summed E-state index contributed by atoms with van der Waals surface area (Å²) < 4.78 is 0. The first-order valence-electron chi connectivity index (χ1n) is 10.2. The number of nitrogens with zero attached hydrogens (tertiary/aromatic N) is 2. The van der Waals surface area contributed by atoms with Crippen LogP contribution in [-0.4, -0.2) is 36.0 Å². The minimum atomic E-state index is 0.226. The first-order valence-corrected chi connectivity index (χ1v) is 10.2. The zero-order valence-corrected chi connectivity index (χ0v) is 16.8. The van der Waals surface area contributed by atoms with E-state index in [9.17, 15) is 4.79 Å². The summed E-state index contributed by atoms with van der Waals surface area (Å²) in [4.78, 5) is 17.4. The van der Waals surface area contributed by atoms with E-state index in [0.717, 1.165) is 31.6 Å². The molecule has 0 bridgehead atoms. The zero-order valence-electron chi connectivity index (χ0n) is 16.8. The molecule has 1 aliphatic rings. The number of carbonyl (C=O) groups excluding carboxylic acids is 1. The van der Waals surface area contributed by atoms with Crippen molar-refractivity contribution in [1.82, 2.24) is 4.90 Å². The molecule has 0 N–H and O–H groups in total. The third-order valence-corrected chi connectivity index (χ3v) is 5.83. The van der Waals surface area contributed by atoms with Gasteiger partial charge in [0, 0.05) is 37.3 Å². The Hall–Kier alpha value is -2.13. The van der Waals surface area contributed by atoms with Gasteiger partial charge in [-0.3, -0.25) is 9.69 Å². The molecule has 2 aromatic rings. The van der Waals surface area contributed by atoms with Gasteiger partial charge in [0.25, 0.3) is 0 Å². The predicted molar refractivity (Wildman–Crippen MR) is 113 cm³/mol. The lowest BCUT2D eigenvalue weighted by Crippen LogP contribution is -2.54. The largest absolute Gasteiger partial charge is 0.309 e. The molecule has 1 heterocycles. The van der Waals surface area contributed by atoms with Crippen LogP contribution in [0.15, 0.2) is 60.7 Å². The number of piperidine rings is 1. The van der Waals surface area contributed by atoms with E-state index in [1.165, 1.54) is 5.56 Å². The molecule has 0 aromatic heterocycles. The van der Waals surface area contributed by atoms with Gasteiger partial charge in [-0.25, -0.2) is 0 Å². The Balaban J connectivity index is 1.68. The van der Waals surface area contributed by atoms with Crippen LogP contribution in [0.1, 0.15) is 39.2 Å². The molecule has 3 heteroatoms. The molecule has 2 aromatic carbocycles. The number of likely N-dealkylation sites (tertiary alicyclic amines) is 1. The second-order valence-electron chi connectivity index (χ2n) is 7.82. The van der Waals surface area contributed by atoms with Crippen molar-refractivity contribution in [3.8, 4) is 0 Å². The van der Waals surface area contributed by atoms with Crippen LogP contribution in [0.2, 0.25) is 0 Å². The fraction of sp³-hybridized carbons (Fsp3) is 0.458. The minimum Gasteiger partial charge on any atom is -0.309 e. The number of hydrogen-bond donors (Lipinski definition) is 0. The molecule has 1 amide bonds. The lowest BCUT2D eigenvalue weighted by Gasteiger charge is -2.44. The Kier molecular flexibility index (Phi) is 6.68. The number of rotatable bonds is 6. The molecule has 1 fully saturated rings. The number of carbonyl (C=O) groups is 1. The van der Waals surface area contributed by atoms with Crippen molar-refractivity contribution in [3.05, 3.63) is 66.2 Å². The number of benzene rings is 2. The Labute approximate surface area is 164 Å². The van der Waals surface area contributed by atoms with Crippen LogP contribution in [0.4, 0.5) is 5.69 Å². The smallest absolute Gasteiger partial charge is 0.226 e. The van der Waals surface area contributed by atoms with Crippen molar-refractivity contribution in [2.75, 3.05) is 18.0 Å². The van der Waals surface area contributed by atoms with E-state index in [0.29, 0.717) is 18.4 Å². The maximum Gasteiger partial charge on any atom is 0.226 e. The Morgan fingerprint density at radius 1 is 1.11 bits per heavy atom. The Morgan fingerprint density at radius 2 is 1.74 bits per heavy atom. The third-order valence-electron chi connectivity index (χ3n) is 5.83. The number of para-hydroxylation sites is 1. The van der Waals surface area contributed by atoms with Crippen LogP contribution in [0, 0.1) is 5.92 Å². The molecule has 3 unspecified atom stereocenters. The molecule has 0 saturated carbocycles. The summed E-state index contributed by atoms with van der Waals surface area (Å²) >= 11 is 0. The van der Waals surface area contributed by atoms with Gasteiger partial charge in [-0.05, 0) is 43.4 Å². The van der Waals surface area contributed by atoms with Crippen LogP contribution in [-0.2, 0) is 11.2 Å². The first kappa shape index (κ1) is 19.6. The van der Waals surface area contributed by atoms with Gasteiger partial charge in [0.2, 0.25) is 5.91 Å². The minimum absolute atomic E-state index is 0.226. The van der Waals surface area contributed by atoms with E-state index < -0.39 is 0 Å². The van der Waals surface area contributed by atoms with Crippen LogP contribution >= 0.6 is 0 Å². The summed E-state index contributed by atoms with van der Waals surface area (Å²) in [6.07, 6.45) is 2.65. The van der Waals surface area contributed by atoms with E-state index in [4.69, 9.17) is 0 Å². The molecular formula is C24H32N2O. The molecule has 1 aliphatic heterocycles. The quantitative estimate of drug-likeness (QED) is 0.737. The highest BCUT2D eigenvalue weighted by atomic mass is 16.2. The predicted octanol–water partition coefficient (Wildman–Crippen LogP) is 4.77. The molecule has 144 valence electrons. The molecule has 27 heavy (non-hydrogen) atoms. The highest BCUT2D eigenvalue weighted by molar-refractivity contribution is 5.93. The molecule has 3 atom stereocenters. The Morgan fingerprint density at radius 3 is 2.33 bits per heavy atom. The topological polar surface area (TPSA) is 23.6 Å². The molecule has 3 nitrogen and oxygen atoms in total. The maximum absolute atomic E-state index is 12.7. The van der Waals surface area contributed by atoms with Gasteiger partial charge in [-0.15, -0.1) is 0 Å². The van der Waals surface area contributed by atoms with Gasteiger partial charge >= 0.3 is 0 Å². The molecule has 0 aliphatic carbocycles. The fourth-order valence-corrected chi connectivity index (χ4v) is 4.31. The van der Waals surface area contributed by atoms with Crippen molar-refractivity contribution < 1.29 is 4.79 Å². The van der Waals surface area contributed by atoms with E-state index in [2.05, 4.69) is 66.1 Å². The highest BCUT2D eigenvalue weighted by Gasteiger charge is 2.34. The molecular weight excluding hydrogens is 332 g/mol. The maximum atomic E-state index is 12.7. The second kappa shape index (κ2) is 9.18. The summed E-state index contributed by atoms with van der Waals surface area (Å²) in [7, 11) is 0.